The monoisotopic (exact) mass is 521 g/mol. The first-order chi connectivity index (χ1) is 17.1. The molecule has 1 aliphatic heterocycles. The van der Waals surface area contributed by atoms with Gasteiger partial charge in [-0.1, -0.05) is 19.1 Å². The fourth-order valence-electron chi connectivity index (χ4n) is 3.81. The number of benzene rings is 2. The summed E-state index contributed by atoms with van der Waals surface area (Å²) >= 11 is 0. The third-order valence-electron chi connectivity index (χ3n) is 5.78. The van der Waals surface area contributed by atoms with E-state index in [0.29, 0.717) is 29.3 Å². The Bertz CT molecular complexity index is 1170. The Balaban J connectivity index is 1.71. The maximum absolute atomic E-state index is 13.3. The second-order valence-electron chi connectivity index (χ2n) is 8.59. The molecule has 196 valence electrons. The van der Waals surface area contributed by atoms with Gasteiger partial charge < -0.3 is 19.7 Å². The van der Waals surface area contributed by atoms with Gasteiger partial charge in [0.1, 0.15) is 11.9 Å². The summed E-state index contributed by atoms with van der Waals surface area (Å²) in [4.78, 5) is 27.3. The minimum Gasteiger partial charge on any atom is -0.454 e. The molecule has 0 aliphatic carbocycles. The highest BCUT2D eigenvalue weighted by Crippen LogP contribution is 2.36. The van der Waals surface area contributed by atoms with E-state index >= 15 is 0 Å². The molecule has 36 heavy (non-hydrogen) atoms. The zero-order chi connectivity index (χ0) is 26.3. The van der Waals surface area contributed by atoms with Crippen molar-refractivity contribution in [1.29, 1.82) is 0 Å². The first-order valence-corrected chi connectivity index (χ1v) is 13.6. The van der Waals surface area contributed by atoms with Crippen LogP contribution in [0.2, 0.25) is 0 Å². The highest BCUT2D eigenvalue weighted by molar-refractivity contribution is 7.92. The van der Waals surface area contributed by atoms with Gasteiger partial charge in [-0.3, -0.25) is 13.9 Å². The third-order valence-corrected chi connectivity index (χ3v) is 6.97. The standard InChI is InChI=1S/C25H32FN3O6S/c1-4-13-27-25(31)18(2)28(16-19-7-9-20(26)10-8-19)24(30)6-5-14-29(36(3,32)33)21-11-12-22-23(15-21)35-17-34-22/h7-12,15,18H,4-6,13-14,16-17H2,1-3H3,(H,27,31)/t18-/m1/s1. The van der Waals surface area contributed by atoms with Crippen molar-refractivity contribution >= 4 is 27.5 Å². The Morgan fingerprint density at radius 2 is 1.81 bits per heavy atom. The van der Waals surface area contributed by atoms with Gasteiger partial charge in [-0.2, -0.15) is 0 Å². The van der Waals surface area contributed by atoms with E-state index in [1.807, 2.05) is 6.92 Å². The molecule has 9 nitrogen and oxygen atoms in total. The summed E-state index contributed by atoms with van der Waals surface area (Å²) in [7, 11) is -3.63. The highest BCUT2D eigenvalue weighted by Gasteiger charge is 2.27. The number of fused-ring (bicyclic) bond motifs is 1. The maximum Gasteiger partial charge on any atom is 0.242 e. The number of carbonyl (C=O) groups excluding carboxylic acids is 2. The van der Waals surface area contributed by atoms with E-state index in [-0.39, 0.29) is 44.5 Å². The summed E-state index contributed by atoms with van der Waals surface area (Å²) in [5.41, 5.74) is 1.09. The number of hydrogen-bond acceptors (Lipinski definition) is 6. The lowest BCUT2D eigenvalue weighted by atomic mass is 10.1. The molecule has 0 spiro atoms. The van der Waals surface area contributed by atoms with Gasteiger partial charge >= 0.3 is 0 Å². The molecule has 2 aromatic carbocycles. The van der Waals surface area contributed by atoms with E-state index in [1.165, 1.54) is 21.3 Å². The number of sulfonamides is 1. The SMILES string of the molecule is CCCNC(=O)[C@@H](C)N(Cc1ccc(F)cc1)C(=O)CCCN(c1ccc2c(c1)OCO2)S(C)(=O)=O. The molecule has 3 rings (SSSR count). The second-order valence-corrected chi connectivity index (χ2v) is 10.5. The Hall–Kier alpha value is -3.34. The summed E-state index contributed by atoms with van der Waals surface area (Å²) in [5, 5.41) is 2.80. The number of nitrogens with zero attached hydrogens (tertiary/aromatic N) is 2. The van der Waals surface area contributed by atoms with Crippen molar-refractivity contribution in [3.05, 3.63) is 53.8 Å². The van der Waals surface area contributed by atoms with Crippen LogP contribution < -0.4 is 19.1 Å². The topological polar surface area (TPSA) is 105 Å². The number of anilines is 1. The Kier molecular flexibility index (Phi) is 9.14. The molecule has 1 heterocycles. The van der Waals surface area contributed by atoms with Crippen LogP contribution in [0.15, 0.2) is 42.5 Å². The van der Waals surface area contributed by atoms with Crippen LogP contribution in [-0.4, -0.2) is 57.3 Å². The molecule has 0 radical (unpaired) electrons. The highest BCUT2D eigenvalue weighted by atomic mass is 32.2. The van der Waals surface area contributed by atoms with Crippen molar-refractivity contribution in [1.82, 2.24) is 10.2 Å². The number of rotatable bonds is 12. The van der Waals surface area contributed by atoms with Crippen LogP contribution in [0.25, 0.3) is 0 Å². The molecular formula is C25H32FN3O6S. The fourth-order valence-corrected chi connectivity index (χ4v) is 4.77. The molecule has 0 unspecified atom stereocenters. The van der Waals surface area contributed by atoms with Crippen molar-refractivity contribution in [2.24, 2.45) is 0 Å². The average Bonchev–Trinajstić information content (AvgIpc) is 3.31. The van der Waals surface area contributed by atoms with Crippen molar-refractivity contribution in [2.75, 3.05) is 30.4 Å². The maximum atomic E-state index is 13.3. The number of nitrogens with one attached hydrogen (secondary N) is 1. The number of hydrogen-bond donors (Lipinski definition) is 1. The molecule has 2 amide bonds. The normalized spacial score (nSPS) is 13.2. The molecule has 0 saturated heterocycles. The number of ether oxygens (including phenoxy) is 2. The van der Waals surface area contributed by atoms with E-state index in [0.717, 1.165) is 12.7 Å². The smallest absolute Gasteiger partial charge is 0.242 e. The second kappa shape index (κ2) is 12.1. The summed E-state index contributed by atoms with van der Waals surface area (Å²) in [6, 6.07) is 9.83. The van der Waals surface area contributed by atoms with Gasteiger partial charge in [0.05, 0.1) is 11.9 Å². The van der Waals surface area contributed by atoms with Gasteiger partial charge in [-0.15, -0.1) is 0 Å². The van der Waals surface area contributed by atoms with Gasteiger partial charge in [0, 0.05) is 32.1 Å². The lowest BCUT2D eigenvalue weighted by molar-refractivity contribution is -0.140. The molecule has 1 N–H and O–H groups in total. The zero-order valence-electron chi connectivity index (χ0n) is 20.7. The summed E-state index contributed by atoms with van der Waals surface area (Å²) in [5.74, 6) is 0.00144. The largest absolute Gasteiger partial charge is 0.454 e. The molecule has 11 heteroatoms. The third kappa shape index (κ3) is 7.09. The molecule has 0 bridgehead atoms. The Morgan fingerprint density at radius 3 is 2.47 bits per heavy atom. The van der Waals surface area contributed by atoms with E-state index in [2.05, 4.69) is 5.32 Å². The van der Waals surface area contributed by atoms with Crippen LogP contribution in [0.3, 0.4) is 0 Å². The molecule has 2 aromatic rings. The fraction of sp³-hybridized carbons (Fsp3) is 0.440. The van der Waals surface area contributed by atoms with E-state index < -0.39 is 21.9 Å². The van der Waals surface area contributed by atoms with Gasteiger partial charge in [0.2, 0.25) is 28.6 Å². The van der Waals surface area contributed by atoms with E-state index in [1.54, 1.807) is 37.3 Å². The van der Waals surface area contributed by atoms with Gasteiger partial charge in [-0.25, -0.2) is 12.8 Å². The van der Waals surface area contributed by atoms with Crippen molar-refractivity contribution in [3.8, 4) is 11.5 Å². The molecule has 0 fully saturated rings. The molecule has 1 atom stereocenters. The van der Waals surface area contributed by atoms with E-state index in [9.17, 15) is 22.4 Å². The number of halogens is 1. The quantitative estimate of drug-likeness (QED) is 0.460. The Morgan fingerprint density at radius 1 is 1.11 bits per heavy atom. The predicted molar refractivity (Wildman–Crippen MR) is 134 cm³/mol. The first-order valence-electron chi connectivity index (χ1n) is 11.8. The summed E-state index contributed by atoms with van der Waals surface area (Å²) in [6.45, 7) is 4.31. The molecular weight excluding hydrogens is 489 g/mol. The minimum atomic E-state index is -3.63. The van der Waals surface area contributed by atoms with Crippen LogP contribution >= 0.6 is 0 Å². The molecule has 0 saturated carbocycles. The lowest BCUT2D eigenvalue weighted by Crippen LogP contribution is -2.47. The van der Waals surface area contributed by atoms with Crippen molar-refractivity contribution in [3.63, 3.8) is 0 Å². The van der Waals surface area contributed by atoms with Crippen LogP contribution in [0, 0.1) is 5.82 Å². The summed E-state index contributed by atoms with van der Waals surface area (Å²) < 4.78 is 50.2. The van der Waals surface area contributed by atoms with Crippen molar-refractivity contribution in [2.45, 2.75) is 45.7 Å². The van der Waals surface area contributed by atoms with Crippen LogP contribution in [0.5, 0.6) is 11.5 Å². The minimum absolute atomic E-state index is 0.0170. The van der Waals surface area contributed by atoms with Gasteiger partial charge in [-0.05, 0) is 49.6 Å². The van der Waals surface area contributed by atoms with Crippen LogP contribution in [0.4, 0.5) is 10.1 Å². The number of amides is 2. The van der Waals surface area contributed by atoms with Crippen LogP contribution in [-0.2, 0) is 26.2 Å². The van der Waals surface area contributed by atoms with Gasteiger partial charge in [0.25, 0.3) is 0 Å². The molecule has 1 aliphatic rings. The summed E-state index contributed by atoms with van der Waals surface area (Å²) in [6.07, 6.45) is 2.10. The van der Waals surface area contributed by atoms with Crippen LogP contribution in [0.1, 0.15) is 38.7 Å². The van der Waals surface area contributed by atoms with E-state index in [4.69, 9.17) is 9.47 Å². The van der Waals surface area contributed by atoms with Crippen molar-refractivity contribution < 1.29 is 31.9 Å². The predicted octanol–water partition coefficient (Wildman–Crippen LogP) is 3.04. The number of carbonyl (C=O) groups is 2. The first kappa shape index (κ1) is 27.3. The lowest BCUT2D eigenvalue weighted by Gasteiger charge is -2.29. The van der Waals surface area contributed by atoms with Gasteiger partial charge in [0.15, 0.2) is 11.5 Å². The molecule has 0 aromatic heterocycles. The average molecular weight is 522 g/mol. The Labute approximate surface area is 211 Å². The zero-order valence-corrected chi connectivity index (χ0v) is 21.5.